The maximum absolute atomic E-state index is 11.7. The third kappa shape index (κ3) is 3.06. The molecule has 0 atom stereocenters. The highest BCUT2D eigenvalue weighted by Crippen LogP contribution is 2.27. The van der Waals surface area contributed by atoms with Gasteiger partial charge in [0.15, 0.2) is 0 Å². The van der Waals surface area contributed by atoms with Gasteiger partial charge >= 0.3 is 5.97 Å². The van der Waals surface area contributed by atoms with Crippen LogP contribution in [-0.4, -0.2) is 13.1 Å². The molecule has 0 aromatic heterocycles. The molecule has 0 spiro atoms. The first kappa shape index (κ1) is 13.4. The lowest BCUT2D eigenvalue weighted by atomic mass is 10.1. The van der Waals surface area contributed by atoms with E-state index in [1.807, 2.05) is 24.3 Å². The number of carbonyl (C=O) groups excluding carboxylic acids is 1. The lowest BCUT2D eigenvalue weighted by Crippen LogP contribution is -2.06. The molecular formula is C14H13BrN2O2. The van der Waals surface area contributed by atoms with Gasteiger partial charge in [-0.3, -0.25) is 0 Å². The Labute approximate surface area is 119 Å². The normalized spacial score (nSPS) is 10.0. The summed E-state index contributed by atoms with van der Waals surface area (Å²) < 4.78 is 5.57. The maximum atomic E-state index is 11.7. The van der Waals surface area contributed by atoms with Gasteiger partial charge < -0.3 is 15.8 Å². The van der Waals surface area contributed by atoms with Crippen LogP contribution in [0.15, 0.2) is 46.9 Å². The largest absolute Gasteiger partial charge is 0.465 e. The highest BCUT2D eigenvalue weighted by molar-refractivity contribution is 9.10. The number of anilines is 3. The molecule has 0 aliphatic heterocycles. The Morgan fingerprint density at radius 3 is 2.63 bits per heavy atom. The minimum atomic E-state index is -0.404. The van der Waals surface area contributed by atoms with Crippen molar-refractivity contribution < 1.29 is 9.53 Å². The number of carbonyl (C=O) groups is 1. The minimum absolute atomic E-state index is 0.404. The van der Waals surface area contributed by atoms with Gasteiger partial charge in [0.25, 0.3) is 0 Å². The Hall–Kier alpha value is -2.01. The lowest BCUT2D eigenvalue weighted by molar-refractivity contribution is 0.0602. The van der Waals surface area contributed by atoms with Crippen molar-refractivity contribution in [2.75, 3.05) is 18.2 Å². The van der Waals surface area contributed by atoms with Crippen molar-refractivity contribution in [3.63, 3.8) is 0 Å². The van der Waals surface area contributed by atoms with E-state index >= 15 is 0 Å². The standard InChI is InChI=1S/C14H13BrN2O2/c1-19-14(18)10-8-9(15)6-7-12(10)17-13-5-3-2-4-11(13)16/h2-8,17H,16H2,1H3. The number of nitrogens with one attached hydrogen (secondary N) is 1. The molecule has 0 amide bonds. The molecule has 0 unspecified atom stereocenters. The molecule has 0 bridgehead atoms. The number of hydrogen-bond donors (Lipinski definition) is 2. The summed E-state index contributed by atoms with van der Waals surface area (Å²) >= 11 is 3.33. The van der Waals surface area contributed by atoms with Crippen LogP contribution < -0.4 is 11.1 Å². The fourth-order valence-corrected chi connectivity index (χ4v) is 2.02. The van der Waals surface area contributed by atoms with Gasteiger partial charge in [-0.15, -0.1) is 0 Å². The average Bonchev–Trinajstić information content (AvgIpc) is 2.42. The van der Waals surface area contributed by atoms with E-state index in [2.05, 4.69) is 21.2 Å². The lowest BCUT2D eigenvalue weighted by Gasteiger charge is -2.12. The zero-order chi connectivity index (χ0) is 13.8. The van der Waals surface area contributed by atoms with Gasteiger partial charge in [-0.1, -0.05) is 28.1 Å². The Balaban J connectivity index is 2.40. The topological polar surface area (TPSA) is 64.3 Å². The number of rotatable bonds is 3. The predicted molar refractivity (Wildman–Crippen MR) is 79.6 cm³/mol. The summed E-state index contributed by atoms with van der Waals surface area (Å²) in [6, 6.07) is 12.7. The highest BCUT2D eigenvalue weighted by Gasteiger charge is 2.13. The molecule has 98 valence electrons. The number of methoxy groups -OCH3 is 1. The van der Waals surface area contributed by atoms with E-state index in [9.17, 15) is 4.79 Å². The Bertz CT molecular complexity index is 614. The summed E-state index contributed by atoms with van der Waals surface area (Å²) in [5.41, 5.74) is 8.32. The average molecular weight is 321 g/mol. The molecule has 0 heterocycles. The van der Waals surface area contributed by atoms with Crippen LogP contribution in [0.2, 0.25) is 0 Å². The number of benzene rings is 2. The molecule has 0 radical (unpaired) electrons. The predicted octanol–water partition coefficient (Wildman–Crippen LogP) is 3.56. The number of nitrogens with two attached hydrogens (primary N) is 1. The number of halogens is 1. The number of esters is 1. The van der Waals surface area contributed by atoms with Crippen LogP contribution in [0.5, 0.6) is 0 Å². The monoisotopic (exact) mass is 320 g/mol. The van der Waals surface area contributed by atoms with Gasteiger partial charge in [-0.25, -0.2) is 4.79 Å². The summed E-state index contributed by atoms with van der Waals surface area (Å²) in [5, 5.41) is 3.14. The first-order chi connectivity index (χ1) is 9.11. The van der Waals surface area contributed by atoms with Crippen molar-refractivity contribution in [2.45, 2.75) is 0 Å². The number of para-hydroxylation sites is 2. The van der Waals surface area contributed by atoms with Crippen molar-refractivity contribution in [3.8, 4) is 0 Å². The van der Waals surface area contributed by atoms with Crippen molar-refractivity contribution in [3.05, 3.63) is 52.5 Å². The van der Waals surface area contributed by atoms with Gasteiger partial charge in [-0.05, 0) is 30.3 Å². The Morgan fingerprint density at radius 1 is 1.21 bits per heavy atom. The van der Waals surface area contributed by atoms with E-state index in [1.54, 1.807) is 18.2 Å². The molecule has 0 aliphatic rings. The van der Waals surface area contributed by atoms with Gasteiger partial charge in [0.05, 0.1) is 29.7 Å². The molecule has 0 saturated carbocycles. The van der Waals surface area contributed by atoms with Gasteiger partial charge in [-0.2, -0.15) is 0 Å². The van der Waals surface area contributed by atoms with Crippen molar-refractivity contribution >= 4 is 39.0 Å². The second-order valence-electron chi connectivity index (χ2n) is 3.89. The molecule has 0 aliphatic carbocycles. The number of hydrogen-bond acceptors (Lipinski definition) is 4. The van der Waals surface area contributed by atoms with E-state index in [0.29, 0.717) is 16.9 Å². The Kier molecular flexibility index (Phi) is 4.06. The molecule has 2 rings (SSSR count). The first-order valence-corrected chi connectivity index (χ1v) is 6.40. The van der Waals surface area contributed by atoms with E-state index in [1.165, 1.54) is 7.11 Å². The molecule has 3 N–H and O–H groups in total. The molecular weight excluding hydrogens is 308 g/mol. The van der Waals surface area contributed by atoms with Crippen LogP contribution in [-0.2, 0) is 4.74 Å². The molecule has 19 heavy (non-hydrogen) atoms. The van der Waals surface area contributed by atoms with Gasteiger partial charge in [0.2, 0.25) is 0 Å². The molecule has 2 aromatic carbocycles. The van der Waals surface area contributed by atoms with Gasteiger partial charge in [0.1, 0.15) is 0 Å². The van der Waals surface area contributed by atoms with E-state index in [4.69, 9.17) is 10.5 Å². The van der Waals surface area contributed by atoms with Crippen LogP contribution in [0.4, 0.5) is 17.1 Å². The fourth-order valence-electron chi connectivity index (χ4n) is 1.66. The summed E-state index contributed by atoms with van der Waals surface area (Å²) in [7, 11) is 1.35. The van der Waals surface area contributed by atoms with Crippen LogP contribution >= 0.6 is 15.9 Å². The third-order valence-corrected chi connectivity index (χ3v) is 3.11. The SMILES string of the molecule is COC(=O)c1cc(Br)ccc1Nc1ccccc1N. The first-order valence-electron chi connectivity index (χ1n) is 5.61. The maximum Gasteiger partial charge on any atom is 0.340 e. The van der Waals surface area contributed by atoms with Crippen LogP contribution in [0, 0.1) is 0 Å². The smallest absolute Gasteiger partial charge is 0.340 e. The molecule has 0 saturated heterocycles. The minimum Gasteiger partial charge on any atom is -0.465 e. The molecule has 4 nitrogen and oxygen atoms in total. The van der Waals surface area contributed by atoms with E-state index in [-0.39, 0.29) is 0 Å². The second-order valence-corrected chi connectivity index (χ2v) is 4.81. The quantitative estimate of drug-likeness (QED) is 0.670. The summed E-state index contributed by atoms with van der Waals surface area (Å²) in [4.78, 5) is 11.7. The van der Waals surface area contributed by atoms with Crippen LogP contribution in [0.1, 0.15) is 10.4 Å². The van der Waals surface area contributed by atoms with Gasteiger partial charge in [0, 0.05) is 4.47 Å². The number of nitrogen functional groups attached to an aromatic ring is 1. The summed E-state index contributed by atoms with van der Waals surface area (Å²) in [6.45, 7) is 0. The van der Waals surface area contributed by atoms with Crippen molar-refractivity contribution in [1.29, 1.82) is 0 Å². The molecule has 2 aromatic rings. The van der Waals surface area contributed by atoms with E-state index < -0.39 is 5.97 Å². The number of ether oxygens (including phenoxy) is 1. The van der Waals surface area contributed by atoms with E-state index in [0.717, 1.165) is 10.2 Å². The van der Waals surface area contributed by atoms with Crippen molar-refractivity contribution in [1.82, 2.24) is 0 Å². The molecule has 0 fully saturated rings. The fraction of sp³-hybridized carbons (Fsp3) is 0.0714. The zero-order valence-electron chi connectivity index (χ0n) is 10.3. The Morgan fingerprint density at radius 2 is 1.95 bits per heavy atom. The molecule has 5 heteroatoms. The van der Waals surface area contributed by atoms with Crippen LogP contribution in [0.25, 0.3) is 0 Å². The van der Waals surface area contributed by atoms with Crippen molar-refractivity contribution in [2.24, 2.45) is 0 Å². The summed E-state index contributed by atoms with van der Waals surface area (Å²) in [6.07, 6.45) is 0. The zero-order valence-corrected chi connectivity index (χ0v) is 11.9. The van der Waals surface area contributed by atoms with Crippen LogP contribution in [0.3, 0.4) is 0 Å². The summed E-state index contributed by atoms with van der Waals surface area (Å²) in [5.74, 6) is -0.404. The highest BCUT2D eigenvalue weighted by atomic mass is 79.9. The third-order valence-electron chi connectivity index (χ3n) is 2.62. The second kappa shape index (κ2) is 5.75.